The molecule has 3 heterocycles. The summed E-state index contributed by atoms with van der Waals surface area (Å²) in [5.41, 5.74) is 1.97. The molecule has 1 saturated heterocycles. The molecule has 1 aliphatic heterocycles. The average molecular weight is 353 g/mol. The molecule has 1 atom stereocenters. The van der Waals surface area contributed by atoms with Crippen molar-refractivity contribution in [2.75, 3.05) is 13.1 Å². The number of rotatable bonds is 4. The number of aromatic nitrogens is 2. The topological polar surface area (TPSA) is 66.3 Å². The van der Waals surface area contributed by atoms with Gasteiger partial charge in [-0.2, -0.15) is 0 Å². The van der Waals surface area contributed by atoms with Gasteiger partial charge in [-0.25, -0.2) is 4.98 Å². The summed E-state index contributed by atoms with van der Waals surface area (Å²) >= 11 is 1.69. The van der Waals surface area contributed by atoms with Crippen LogP contribution in [0.15, 0.2) is 48.7 Å². The van der Waals surface area contributed by atoms with Crippen molar-refractivity contribution in [2.45, 2.75) is 18.9 Å². The maximum absolute atomic E-state index is 11.2. The first-order valence-corrected chi connectivity index (χ1v) is 9.27. The van der Waals surface area contributed by atoms with Crippen LogP contribution in [0, 0.1) is 5.92 Å². The number of fused-ring (bicyclic) bond motifs is 1. The smallest absolute Gasteiger partial charge is 0.306 e. The number of nitrogens with zero attached hydrogens (tertiary/aromatic N) is 3. The molecule has 6 heteroatoms. The van der Waals surface area contributed by atoms with Crippen LogP contribution in [0.4, 0.5) is 0 Å². The Kier molecular flexibility index (Phi) is 4.46. The number of benzene rings is 1. The quantitative estimate of drug-likeness (QED) is 0.777. The van der Waals surface area contributed by atoms with Gasteiger partial charge in [0.15, 0.2) is 0 Å². The molecule has 0 radical (unpaired) electrons. The number of carbonyl (C=O) groups is 1. The molecule has 1 N–H and O–H groups in total. The van der Waals surface area contributed by atoms with Crippen LogP contribution in [0.3, 0.4) is 0 Å². The van der Waals surface area contributed by atoms with Gasteiger partial charge in [-0.1, -0.05) is 18.2 Å². The van der Waals surface area contributed by atoms with Crippen molar-refractivity contribution in [1.82, 2.24) is 14.9 Å². The molecule has 1 unspecified atom stereocenters. The standard InChI is InChI=1S/C19H19N3O2S/c23-19(24)13-8-11-22(12-9-13)17(15-6-3-4-10-20-15)18-21-14-5-1-2-7-16(14)25-18/h1-7,10,13,17H,8-9,11-12H2,(H,23,24). The van der Waals surface area contributed by atoms with E-state index in [1.54, 1.807) is 17.5 Å². The van der Waals surface area contributed by atoms with Gasteiger partial charge in [-0.3, -0.25) is 14.7 Å². The molecule has 2 aromatic heterocycles. The number of para-hydroxylation sites is 1. The van der Waals surface area contributed by atoms with E-state index >= 15 is 0 Å². The molecule has 3 aromatic rings. The minimum Gasteiger partial charge on any atom is -0.481 e. The van der Waals surface area contributed by atoms with Gasteiger partial charge in [0.25, 0.3) is 0 Å². The summed E-state index contributed by atoms with van der Waals surface area (Å²) in [6, 6.07) is 14.1. The van der Waals surface area contributed by atoms with E-state index in [4.69, 9.17) is 4.98 Å². The number of aliphatic carboxylic acids is 1. The van der Waals surface area contributed by atoms with Crippen LogP contribution < -0.4 is 0 Å². The largest absolute Gasteiger partial charge is 0.481 e. The Morgan fingerprint density at radius 3 is 2.60 bits per heavy atom. The summed E-state index contributed by atoms with van der Waals surface area (Å²) in [6.07, 6.45) is 3.15. The SMILES string of the molecule is O=C(O)C1CCN(C(c2ccccn2)c2nc3ccccc3s2)CC1. The Bertz CT molecular complexity index is 840. The van der Waals surface area contributed by atoms with Crippen molar-refractivity contribution in [2.24, 2.45) is 5.92 Å². The molecule has 25 heavy (non-hydrogen) atoms. The zero-order valence-electron chi connectivity index (χ0n) is 13.7. The molecule has 1 aromatic carbocycles. The molecule has 0 aliphatic carbocycles. The monoisotopic (exact) mass is 353 g/mol. The lowest BCUT2D eigenvalue weighted by Gasteiger charge is -2.35. The maximum Gasteiger partial charge on any atom is 0.306 e. The van der Waals surface area contributed by atoms with E-state index in [0.717, 1.165) is 29.3 Å². The first-order chi connectivity index (χ1) is 12.2. The minimum absolute atomic E-state index is 0.0201. The fourth-order valence-corrected chi connectivity index (χ4v) is 4.53. The Balaban J connectivity index is 1.69. The number of piperidine rings is 1. The van der Waals surface area contributed by atoms with Gasteiger partial charge in [0.05, 0.1) is 21.8 Å². The molecular formula is C19H19N3O2S. The normalized spacial score (nSPS) is 17.6. The molecule has 0 amide bonds. The van der Waals surface area contributed by atoms with E-state index < -0.39 is 5.97 Å². The number of carboxylic acid groups (broad SMARTS) is 1. The van der Waals surface area contributed by atoms with Crippen molar-refractivity contribution in [3.8, 4) is 0 Å². The van der Waals surface area contributed by atoms with Crippen LogP contribution in [-0.4, -0.2) is 39.0 Å². The third-order valence-corrected chi connectivity index (χ3v) is 5.85. The first-order valence-electron chi connectivity index (χ1n) is 8.45. The second-order valence-corrected chi connectivity index (χ2v) is 7.39. The third-order valence-electron chi connectivity index (χ3n) is 4.76. The fraction of sp³-hybridized carbons (Fsp3) is 0.316. The summed E-state index contributed by atoms with van der Waals surface area (Å²) in [6.45, 7) is 1.49. The molecule has 0 spiro atoms. The average Bonchev–Trinajstić information content (AvgIpc) is 3.07. The van der Waals surface area contributed by atoms with Crippen LogP contribution in [0.5, 0.6) is 0 Å². The van der Waals surface area contributed by atoms with E-state index in [0.29, 0.717) is 12.8 Å². The Hall–Kier alpha value is -2.31. The summed E-state index contributed by atoms with van der Waals surface area (Å²) in [5.74, 6) is -0.926. The summed E-state index contributed by atoms with van der Waals surface area (Å²) < 4.78 is 1.17. The summed E-state index contributed by atoms with van der Waals surface area (Å²) in [4.78, 5) is 23.0. The van der Waals surface area contributed by atoms with Crippen molar-refractivity contribution >= 4 is 27.5 Å². The van der Waals surface area contributed by atoms with Gasteiger partial charge in [-0.05, 0) is 37.1 Å². The Morgan fingerprint density at radius 2 is 1.92 bits per heavy atom. The van der Waals surface area contributed by atoms with Gasteiger partial charge >= 0.3 is 5.97 Å². The minimum atomic E-state index is -0.686. The molecule has 4 rings (SSSR count). The van der Waals surface area contributed by atoms with E-state index in [-0.39, 0.29) is 12.0 Å². The number of hydrogen-bond acceptors (Lipinski definition) is 5. The van der Waals surface area contributed by atoms with Gasteiger partial charge < -0.3 is 5.11 Å². The highest BCUT2D eigenvalue weighted by Gasteiger charge is 2.32. The van der Waals surface area contributed by atoms with Crippen molar-refractivity contribution in [3.63, 3.8) is 0 Å². The number of hydrogen-bond donors (Lipinski definition) is 1. The number of thiazole rings is 1. The zero-order chi connectivity index (χ0) is 17.2. The molecule has 1 fully saturated rings. The Labute approximate surface area is 150 Å². The van der Waals surface area contributed by atoms with Gasteiger partial charge in [-0.15, -0.1) is 11.3 Å². The predicted octanol–water partition coefficient (Wildman–Crippen LogP) is 3.58. The van der Waals surface area contributed by atoms with Crippen LogP contribution in [0.25, 0.3) is 10.2 Å². The van der Waals surface area contributed by atoms with E-state index in [2.05, 4.69) is 16.0 Å². The molecule has 5 nitrogen and oxygen atoms in total. The van der Waals surface area contributed by atoms with E-state index in [1.807, 2.05) is 36.4 Å². The van der Waals surface area contributed by atoms with E-state index in [1.165, 1.54) is 4.70 Å². The molecule has 1 aliphatic rings. The first kappa shape index (κ1) is 16.2. The van der Waals surface area contributed by atoms with Crippen LogP contribution in [0.2, 0.25) is 0 Å². The maximum atomic E-state index is 11.2. The van der Waals surface area contributed by atoms with Crippen molar-refractivity contribution < 1.29 is 9.90 Å². The second kappa shape index (κ2) is 6.90. The number of pyridine rings is 1. The lowest BCUT2D eigenvalue weighted by molar-refractivity contribution is -0.143. The molecule has 0 bridgehead atoms. The Morgan fingerprint density at radius 1 is 1.16 bits per heavy atom. The second-order valence-electron chi connectivity index (χ2n) is 6.33. The number of carboxylic acids is 1. The molecule has 128 valence electrons. The summed E-state index contributed by atoms with van der Waals surface area (Å²) in [7, 11) is 0. The summed E-state index contributed by atoms with van der Waals surface area (Å²) in [5, 5.41) is 10.3. The number of likely N-dealkylation sites (tertiary alicyclic amines) is 1. The predicted molar refractivity (Wildman–Crippen MR) is 97.6 cm³/mol. The van der Waals surface area contributed by atoms with Crippen LogP contribution in [-0.2, 0) is 4.79 Å². The molecule has 0 saturated carbocycles. The van der Waals surface area contributed by atoms with Gasteiger partial charge in [0, 0.05) is 19.3 Å². The lowest BCUT2D eigenvalue weighted by atomic mass is 9.95. The van der Waals surface area contributed by atoms with Crippen molar-refractivity contribution in [1.29, 1.82) is 0 Å². The van der Waals surface area contributed by atoms with Crippen LogP contribution in [0.1, 0.15) is 29.6 Å². The lowest BCUT2D eigenvalue weighted by Crippen LogP contribution is -2.39. The van der Waals surface area contributed by atoms with Crippen LogP contribution >= 0.6 is 11.3 Å². The fourth-order valence-electron chi connectivity index (χ4n) is 3.42. The molecular weight excluding hydrogens is 334 g/mol. The highest BCUT2D eigenvalue weighted by Crippen LogP contribution is 2.35. The van der Waals surface area contributed by atoms with Gasteiger partial charge in [0.2, 0.25) is 0 Å². The van der Waals surface area contributed by atoms with Crippen molar-refractivity contribution in [3.05, 3.63) is 59.4 Å². The highest BCUT2D eigenvalue weighted by atomic mass is 32.1. The third kappa shape index (κ3) is 3.27. The van der Waals surface area contributed by atoms with E-state index in [9.17, 15) is 9.90 Å². The van der Waals surface area contributed by atoms with Gasteiger partial charge in [0.1, 0.15) is 11.0 Å². The highest BCUT2D eigenvalue weighted by molar-refractivity contribution is 7.18. The zero-order valence-corrected chi connectivity index (χ0v) is 14.5.